The third-order valence-corrected chi connectivity index (χ3v) is 1.96. The Morgan fingerprint density at radius 3 is 3.00 bits per heavy atom. The molecule has 0 saturated heterocycles. The summed E-state index contributed by atoms with van der Waals surface area (Å²) in [4.78, 5) is 4.11. The largest absolute Gasteiger partial charge is 0.315 e. The van der Waals surface area contributed by atoms with E-state index in [0.29, 0.717) is 0 Å². The van der Waals surface area contributed by atoms with E-state index in [0.717, 1.165) is 11.5 Å². The van der Waals surface area contributed by atoms with E-state index >= 15 is 0 Å². The lowest BCUT2D eigenvalue weighted by Crippen LogP contribution is -1.90. The minimum Gasteiger partial charge on any atom is -0.315 e. The molecule has 2 rings (SSSR count). The standard InChI is InChI=1S/C6H6N4S/c1-10-3-8-9-6(10)5-2-11-4-7-5/h2-4H,1H3. The molecular weight excluding hydrogens is 160 g/mol. The Bertz CT molecular complexity index is 337. The van der Waals surface area contributed by atoms with E-state index in [1.54, 1.807) is 23.2 Å². The van der Waals surface area contributed by atoms with Crippen molar-refractivity contribution in [3.8, 4) is 11.5 Å². The van der Waals surface area contributed by atoms with E-state index in [9.17, 15) is 0 Å². The fourth-order valence-electron chi connectivity index (χ4n) is 0.838. The number of aromatic nitrogens is 4. The Hall–Kier alpha value is -1.23. The number of rotatable bonds is 1. The molecule has 0 aliphatic heterocycles. The number of hydrogen-bond acceptors (Lipinski definition) is 4. The van der Waals surface area contributed by atoms with Gasteiger partial charge in [0.2, 0.25) is 0 Å². The van der Waals surface area contributed by atoms with Crippen molar-refractivity contribution in [1.29, 1.82) is 0 Å². The Labute approximate surface area is 67.5 Å². The fourth-order valence-corrected chi connectivity index (χ4v) is 1.37. The summed E-state index contributed by atoms with van der Waals surface area (Å²) >= 11 is 1.55. The van der Waals surface area contributed by atoms with Gasteiger partial charge in [-0.3, -0.25) is 0 Å². The predicted octanol–water partition coefficient (Wildman–Crippen LogP) is 0.939. The minimum absolute atomic E-state index is 0.811. The van der Waals surface area contributed by atoms with Gasteiger partial charge in [0.05, 0.1) is 5.51 Å². The summed E-state index contributed by atoms with van der Waals surface area (Å²) in [7, 11) is 1.90. The molecule has 5 heteroatoms. The first-order valence-corrected chi connectivity index (χ1v) is 4.05. The van der Waals surface area contributed by atoms with Crippen molar-refractivity contribution in [1.82, 2.24) is 19.7 Å². The van der Waals surface area contributed by atoms with E-state index in [-0.39, 0.29) is 0 Å². The van der Waals surface area contributed by atoms with Crippen molar-refractivity contribution in [2.45, 2.75) is 0 Å². The van der Waals surface area contributed by atoms with Gasteiger partial charge in [-0.1, -0.05) is 0 Å². The van der Waals surface area contributed by atoms with E-state index in [2.05, 4.69) is 15.2 Å². The van der Waals surface area contributed by atoms with E-state index in [1.807, 2.05) is 17.0 Å². The molecule has 0 saturated carbocycles. The maximum atomic E-state index is 4.11. The van der Waals surface area contributed by atoms with Crippen LogP contribution < -0.4 is 0 Å². The topological polar surface area (TPSA) is 43.6 Å². The molecule has 0 spiro atoms. The molecule has 0 amide bonds. The zero-order valence-corrected chi connectivity index (χ0v) is 6.75. The molecule has 0 aliphatic rings. The van der Waals surface area contributed by atoms with Crippen LogP contribution in [-0.4, -0.2) is 19.7 Å². The lowest BCUT2D eigenvalue weighted by atomic mass is 10.5. The van der Waals surface area contributed by atoms with Crippen LogP contribution in [0.3, 0.4) is 0 Å². The quantitative estimate of drug-likeness (QED) is 0.633. The highest BCUT2D eigenvalue weighted by Gasteiger charge is 2.04. The van der Waals surface area contributed by atoms with Crippen LogP contribution in [0, 0.1) is 0 Å². The number of aryl methyl sites for hydroxylation is 1. The van der Waals surface area contributed by atoms with Crippen LogP contribution in [0.25, 0.3) is 11.5 Å². The average molecular weight is 166 g/mol. The monoisotopic (exact) mass is 166 g/mol. The third-order valence-electron chi connectivity index (χ3n) is 1.37. The normalized spacial score (nSPS) is 10.3. The number of hydrogen-bond donors (Lipinski definition) is 0. The molecule has 0 aromatic carbocycles. The van der Waals surface area contributed by atoms with E-state index in [1.165, 1.54) is 0 Å². The first-order chi connectivity index (χ1) is 5.38. The van der Waals surface area contributed by atoms with Crippen LogP contribution in [0.5, 0.6) is 0 Å². The molecule has 0 unspecified atom stereocenters. The molecule has 4 nitrogen and oxygen atoms in total. The number of thiazole rings is 1. The summed E-state index contributed by atoms with van der Waals surface area (Å²) in [5, 5.41) is 9.62. The fraction of sp³-hybridized carbons (Fsp3) is 0.167. The van der Waals surface area contributed by atoms with Crippen LogP contribution >= 0.6 is 11.3 Å². The highest BCUT2D eigenvalue weighted by Crippen LogP contribution is 2.14. The summed E-state index contributed by atoms with van der Waals surface area (Å²) in [6.07, 6.45) is 1.66. The van der Waals surface area contributed by atoms with E-state index < -0.39 is 0 Å². The highest BCUT2D eigenvalue weighted by molar-refractivity contribution is 7.07. The van der Waals surface area contributed by atoms with Gasteiger partial charge in [0.1, 0.15) is 12.0 Å². The van der Waals surface area contributed by atoms with Crippen molar-refractivity contribution >= 4 is 11.3 Å². The molecule has 2 heterocycles. The maximum absolute atomic E-state index is 4.11. The van der Waals surface area contributed by atoms with Crippen LogP contribution in [0.2, 0.25) is 0 Å². The summed E-state index contributed by atoms with van der Waals surface area (Å²) in [5.74, 6) is 0.811. The molecule has 0 fully saturated rings. The van der Waals surface area contributed by atoms with Crippen molar-refractivity contribution in [2.75, 3.05) is 0 Å². The molecular formula is C6H6N4S. The molecule has 0 radical (unpaired) electrons. The molecule has 0 N–H and O–H groups in total. The first kappa shape index (κ1) is 6.48. The smallest absolute Gasteiger partial charge is 0.183 e. The zero-order chi connectivity index (χ0) is 7.68. The van der Waals surface area contributed by atoms with Gasteiger partial charge in [-0.05, 0) is 0 Å². The summed E-state index contributed by atoms with van der Waals surface area (Å²) < 4.78 is 1.84. The molecule has 0 aliphatic carbocycles. The third kappa shape index (κ3) is 1.03. The minimum atomic E-state index is 0.811. The molecule has 2 aromatic rings. The van der Waals surface area contributed by atoms with Crippen molar-refractivity contribution in [2.24, 2.45) is 7.05 Å². The molecule has 0 atom stereocenters. The van der Waals surface area contributed by atoms with Crippen LogP contribution in [0.15, 0.2) is 17.2 Å². The van der Waals surface area contributed by atoms with Crippen LogP contribution in [0.4, 0.5) is 0 Å². The number of nitrogens with zero attached hydrogens (tertiary/aromatic N) is 4. The second-order valence-electron chi connectivity index (χ2n) is 2.14. The molecule has 56 valence electrons. The summed E-state index contributed by atoms with van der Waals surface area (Å²) in [6.45, 7) is 0. The molecule has 11 heavy (non-hydrogen) atoms. The molecule has 0 bridgehead atoms. The van der Waals surface area contributed by atoms with Gasteiger partial charge < -0.3 is 4.57 Å². The second-order valence-corrected chi connectivity index (χ2v) is 2.86. The van der Waals surface area contributed by atoms with Crippen molar-refractivity contribution < 1.29 is 0 Å². The lowest BCUT2D eigenvalue weighted by molar-refractivity contribution is 0.915. The Morgan fingerprint density at radius 2 is 2.45 bits per heavy atom. The van der Waals surface area contributed by atoms with Gasteiger partial charge >= 0.3 is 0 Å². The highest BCUT2D eigenvalue weighted by atomic mass is 32.1. The Kier molecular flexibility index (Phi) is 1.43. The van der Waals surface area contributed by atoms with Gasteiger partial charge in [-0.25, -0.2) is 4.98 Å². The lowest BCUT2D eigenvalue weighted by Gasteiger charge is -1.92. The van der Waals surface area contributed by atoms with Crippen LogP contribution in [-0.2, 0) is 7.05 Å². The van der Waals surface area contributed by atoms with Crippen molar-refractivity contribution in [3.05, 3.63) is 17.2 Å². The van der Waals surface area contributed by atoms with Gasteiger partial charge in [-0.15, -0.1) is 21.5 Å². The first-order valence-electron chi connectivity index (χ1n) is 3.10. The predicted molar refractivity (Wildman–Crippen MR) is 42.1 cm³/mol. The summed E-state index contributed by atoms with van der Waals surface area (Å²) in [6, 6.07) is 0. The zero-order valence-electron chi connectivity index (χ0n) is 5.93. The maximum Gasteiger partial charge on any atom is 0.183 e. The average Bonchev–Trinajstić information content (AvgIpc) is 2.55. The Balaban J connectivity index is 2.53. The molecule has 2 aromatic heterocycles. The van der Waals surface area contributed by atoms with Gasteiger partial charge in [0, 0.05) is 12.4 Å². The van der Waals surface area contributed by atoms with Crippen LogP contribution in [0.1, 0.15) is 0 Å². The van der Waals surface area contributed by atoms with E-state index in [4.69, 9.17) is 0 Å². The van der Waals surface area contributed by atoms with Gasteiger partial charge in [0.15, 0.2) is 5.82 Å². The Morgan fingerprint density at radius 1 is 1.55 bits per heavy atom. The summed E-state index contributed by atoms with van der Waals surface area (Å²) in [5.41, 5.74) is 2.67. The van der Waals surface area contributed by atoms with Gasteiger partial charge in [-0.2, -0.15) is 0 Å². The van der Waals surface area contributed by atoms with Gasteiger partial charge in [0.25, 0.3) is 0 Å². The SMILES string of the molecule is Cn1cnnc1-c1cscn1. The second kappa shape index (κ2) is 2.43. The van der Waals surface area contributed by atoms with Crippen molar-refractivity contribution in [3.63, 3.8) is 0 Å².